The van der Waals surface area contributed by atoms with Crippen LogP contribution in [0.1, 0.15) is 41.9 Å². The number of piperidine rings is 1. The first-order valence-corrected chi connectivity index (χ1v) is 9.04. The molecular formula is C18H26N4O3. The summed E-state index contributed by atoms with van der Waals surface area (Å²) in [5.74, 6) is 0.354. The number of carbonyl (C=O) groups excluding carboxylic acids is 2. The van der Waals surface area contributed by atoms with Crippen molar-refractivity contribution in [2.75, 3.05) is 39.9 Å². The first kappa shape index (κ1) is 17.8. The maximum absolute atomic E-state index is 12.6. The summed E-state index contributed by atoms with van der Waals surface area (Å²) in [6.45, 7) is 3.50. The molecule has 7 nitrogen and oxygen atoms in total. The molecular weight excluding hydrogens is 320 g/mol. The first-order valence-electron chi connectivity index (χ1n) is 9.04. The zero-order valence-electron chi connectivity index (χ0n) is 14.8. The van der Waals surface area contributed by atoms with Crippen molar-refractivity contribution in [2.45, 2.75) is 32.1 Å². The second-order valence-corrected chi connectivity index (χ2v) is 6.86. The van der Waals surface area contributed by atoms with Crippen LogP contribution in [-0.2, 0) is 16.0 Å². The van der Waals surface area contributed by atoms with Crippen molar-refractivity contribution >= 4 is 11.8 Å². The number of hydrogen-bond acceptors (Lipinski definition) is 5. The quantitative estimate of drug-likeness (QED) is 0.772. The molecule has 1 aromatic heterocycles. The van der Waals surface area contributed by atoms with E-state index in [0.717, 1.165) is 31.6 Å². The second kappa shape index (κ2) is 8.38. The highest BCUT2D eigenvalue weighted by Gasteiger charge is 2.30. The Hall–Kier alpha value is -2.02. The summed E-state index contributed by atoms with van der Waals surface area (Å²) < 4.78 is 5.05. The summed E-state index contributed by atoms with van der Waals surface area (Å²) in [6, 6.07) is 0. The van der Waals surface area contributed by atoms with E-state index < -0.39 is 0 Å². The molecule has 0 bridgehead atoms. The molecule has 0 radical (unpaired) electrons. The fraction of sp³-hybridized carbons (Fsp3) is 0.667. The SMILES string of the molecule is COCCN1C[C@@H](Cc2cncc(C(=O)N3CCCCC3)n2)CC1=O. The van der Waals surface area contributed by atoms with Crippen LogP contribution >= 0.6 is 0 Å². The summed E-state index contributed by atoms with van der Waals surface area (Å²) >= 11 is 0. The summed E-state index contributed by atoms with van der Waals surface area (Å²) in [6.07, 6.45) is 7.74. The van der Waals surface area contributed by atoms with Gasteiger partial charge in [0.15, 0.2) is 0 Å². The molecule has 2 amide bonds. The Balaban J connectivity index is 1.60. The molecule has 1 atom stereocenters. The van der Waals surface area contributed by atoms with E-state index in [-0.39, 0.29) is 17.7 Å². The third kappa shape index (κ3) is 4.54. The zero-order valence-corrected chi connectivity index (χ0v) is 14.8. The number of ether oxygens (including phenoxy) is 1. The molecule has 0 spiro atoms. The highest BCUT2D eigenvalue weighted by atomic mass is 16.5. The van der Waals surface area contributed by atoms with Crippen LogP contribution in [0.2, 0.25) is 0 Å². The van der Waals surface area contributed by atoms with E-state index >= 15 is 0 Å². The molecule has 136 valence electrons. The van der Waals surface area contributed by atoms with Gasteiger partial charge in [-0.2, -0.15) is 0 Å². The highest BCUT2D eigenvalue weighted by Crippen LogP contribution is 2.21. The average molecular weight is 346 g/mol. The van der Waals surface area contributed by atoms with Gasteiger partial charge in [0.1, 0.15) is 5.69 Å². The van der Waals surface area contributed by atoms with E-state index in [1.807, 2.05) is 9.80 Å². The van der Waals surface area contributed by atoms with Gasteiger partial charge in [0, 0.05) is 45.9 Å². The molecule has 7 heteroatoms. The predicted octanol–water partition coefficient (Wildman–Crippen LogP) is 1.14. The fourth-order valence-electron chi connectivity index (χ4n) is 3.57. The minimum Gasteiger partial charge on any atom is -0.383 e. The Morgan fingerprint density at radius 1 is 1.28 bits per heavy atom. The zero-order chi connectivity index (χ0) is 17.6. The first-order chi connectivity index (χ1) is 12.2. The van der Waals surface area contributed by atoms with Gasteiger partial charge in [0.2, 0.25) is 5.91 Å². The van der Waals surface area contributed by atoms with Crippen molar-refractivity contribution in [3.63, 3.8) is 0 Å². The normalized spacial score (nSPS) is 21.0. The average Bonchev–Trinajstić information content (AvgIpc) is 2.99. The molecule has 0 aliphatic carbocycles. The number of rotatable bonds is 6. The standard InChI is InChI=1S/C18H26N4O3/c1-25-8-7-22-13-14(10-17(22)23)9-15-11-19-12-16(20-15)18(24)21-5-3-2-4-6-21/h11-12,14H,2-10,13H2,1H3/t14-/m0/s1. The fourth-order valence-corrected chi connectivity index (χ4v) is 3.57. The molecule has 2 aliphatic heterocycles. The minimum atomic E-state index is -0.0294. The van der Waals surface area contributed by atoms with Crippen LogP contribution in [0, 0.1) is 5.92 Å². The van der Waals surface area contributed by atoms with Crippen LogP contribution in [0.5, 0.6) is 0 Å². The third-order valence-electron chi connectivity index (χ3n) is 4.90. The summed E-state index contributed by atoms with van der Waals surface area (Å²) in [5.41, 5.74) is 1.20. The van der Waals surface area contributed by atoms with Gasteiger partial charge in [0.25, 0.3) is 5.91 Å². The smallest absolute Gasteiger partial charge is 0.274 e. The molecule has 0 aromatic carbocycles. The van der Waals surface area contributed by atoms with Crippen LogP contribution in [0.3, 0.4) is 0 Å². The predicted molar refractivity (Wildman–Crippen MR) is 92.1 cm³/mol. The van der Waals surface area contributed by atoms with Crippen LogP contribution in [0.4, 0.5) is 0 Å². The number of carbonyl (C=O) groups is 2. The Morgan fingerprint density at radius 3 is 2.84 bits per heavy atom. The van der Waals surface area contributed by atoms with Gasteiger partial charge >= 0.3 is 0 Å². The highest BCUT2D eigenvalue weighted by molar-refractivity contribution is 5.92. The van der Waals surface area contributed by atoms with E-state index in [1.54, 1.807) is 19.5 Å². The van der Waals surface area contributed by atoms with Gasteiger partial charge in [0.05, 0.1) is 18.5 Å². The number of amides is 2. The topological polar surface area (TPSA) is 75.6 Å². The van der Waals surface area contributed by atoms with Crippen molar-refractivity contribution in [2.24, 2.45) is 5.92 Å². The van der Waals surface area contributed by atoms with Crippen molar-refractivity contribution in [1.82, 2.24) is 19.8 Å². The van der Waals surface area contributed by atoms with E-state index in [2.05, 4.69) is 9.97 Å². The molecule has 1 aromatic rings. The van der Waals surface area contributed by atoms with Crippen LogP contribution in [-0.4, -0.2) is 71.5 Å². The Bertz CT molecular complexity index is 616. The lowest BCUT2D eigenvalue weighted by Crippen LogP contribution is -2.36. The minimum absolute atomic E-state index is 0.0294. The second-order valence-electron chi connectivity index (χ2n) is 6.86. The lowest BCUT2D eigenvalue weighted by Gasteiger charge is -2.26. The number of methoxy groups -OCH3 is 1. The van der Waals surface area contributed by atoms with Crippen molar-refractivity contribution < 1.29 is 14.3 Å². The Kier molecular flexibility index (Phi) is 5.96. The van der Waals surface area contributed by atoms with Crippen LogP contribution < -0.4 is 0 Å². The van der Waals surface area contributed by atoms with Gasteiger partial charge in [-0.1, -0.05) is 0 Å². The van der Waals surface area contributed by atoms with Gasteiger partial charge in [-0.3, -0.25) is 14.6 Å². The monoisotopic (exact) mass is 346 g/mol. The maximum atomic E-state index is 12.6. The molecule has 3 heterocycles. The molecule has 3 rings (SSSR count). The molecule has 2 saturated heterocycles. The number of nitrogens with zero attached hydrogens (tertiary/aromatic N) is 4. The summed E-state index contributed by atoms with van der Waals surface area (Å²) in [5, 5.41) is 0. The van der Waals surface area contributed by atoms with Gasteiger partial charge in [-0.25, -0.2) is 4.98 Å². The van der Waals surface area contributed by atoms with Crippen molar-refractivity contribution in [3.8, 4) is 0 Å². The molecule has 0 saturated carbocycles. The van der Waals surface area contributed by atoms with Crippen LogP contribution in [0.25, 0.3) is 0 Å². The molecule has 2 aliphatic rings. The number of likely N-dealkylation sites (tertiary alicyclic amines) is 2. The summed E-state index contributed by atoms with van der Waals surface area (Å²) in [7, 11) is 1.64. The lowest BCUT2D eigenvalue weighted by molar-refractivity contribution is -0.128. The van der Waals surface area contributed by atoms with E-state index in [1.165, 1.54) is 6.42 Å². The van der Waals surface area contributed by atoms with Gasteiger partial charge in [-0.05, 0) is 31.6 Å². The van der Waals surface area contributed by atoms with E-state index in [4.69, 9.17) is 4.74 Å². The molecule has 2 fully saturated rings. The Labute approximate surface area is 148 Å². The number of aromatic nitrogens is 2. The Morgan fingerprint density at radius 2 is 2.08 bits per heavy atom. The van der Waals surface area contributed by atoms with Gasteiger partial charge < -0.3 is 14.5 Å². The lowest BCUT2D eigenvalue weighted by atomic mass is 10.0. The third-order valence-corrected chi connectivity index (χ3v) is 4.90. The molecule has 25 heavy (non-hydrogen) atoms. The molecule has 0 N–H and O–H groups in total. The maximum Gasteiger partial charge on any atom is 0.274 e. The van der Waals surface area contributed by atoms with Gasteiger partial charge in [-0.15, -0.1) is 0 Å². The van der Waals surface area contributed by atoms with Crippen LogP contribution in [0.15, 0.2) is 12.4 Å². The largest absolute Gasteiger partial charge is 0.383 e. The van der Waals surface area contributed by atoms with Crippen molar-refractivity contribution in [1.29, 1.82) is 0 Å². The van der Waals surface area contributed by atoms with Crippen molar-refractivity contribution in [3.05, 3.63) is 23.8 Å². The summed E-state index contributed by atoms with van der Waals surface area (Å²) in [4.78, 5) is 37.0. The van der Waals surface area contributed by atoms with E-state index in [9.17, 15) is 9.59 Å². The van der Waals surface area contributed by atoms with E-state index in [0.29, 0.717) is 38.2 Å². The number of hydrogen-bond donors (Lipinski definition) is 0. The molecule has 0 unspecified atom stereocenters.